The lowest BCUT2D eigenvalue weighted by Gasteiger charge is -2.08. The molecule has 1 heterocycles. The number of nitro benzene ring substituents is 1. The first-order valence-corrected chi connectivity index (χ1v) is 7.12. The molecule has 116 valence electrons. The van der Waals surface area contributed by atoms with Gasteiger partial charge in [0.1, 0.15) is 12.4 Å². The summed E-state index contributed by atoms with van der Waals surface area (Å²) in [4.78, 5) is 14.6. The van der Waals surface area contributed by atoms with E-state index in [4.69, 9.17) is 4.74 Å². The minimum Gasteiger partial charge on any atom is -0.489 e. The molecular formula is C17H15N3O3. The number of aromatic nitrogens is 2. The molecule has 0 radical (unpaired) electrons. The van der Waals surface area contributed by atoms with Gasteiger partial charge in [0.25, 0.3) is 5.69 Å². The molecule has 0 N–H and O–H groups in total. The van der Waals surface area contributed by atoms with Crippen LogP contribution >= 0.6 is 0 Å². The molecular weight excluding hydrogens is 294 g/mol. The molecule has 3 rings (SSSR count). The largest absolute Gasteiger partial charge is 0.489 e. The average molecular weight is 309 g/mol. The van der Waals surface area contributed by atoms with Crippen LogP contribution in [0.3, 0.4) is 0 Å². The number of hydrogen-bond donors (Lipinski definition) is 0. The summed E-state index contributed by atoms with van der Waals surface area (Å²) >= 11 is 0. The van der Waals surface area contributed by atoms with Gasteiger partial charge in [0.05, 0.1) is 16.8 Å². The lowest BCUT2D eigenvalue weighted by Crippen LogP contribution is -2.01. The monoisotopic (exact) mass is 309 g/mol. The maximum absolute atomic E-state index is 11.0. The van der Waals surface area contributed by atoms with Gasteiger partial charge in [-0.05, 0) is 23.8 Å². The molecule has 6 nitrogen and oxygen atoms in total. The Balaban J connectivity index is 1.64. The molecule has 0 fully saturated rings. The molecule has 1 aromatic heterocycles. The van der Waals surface area contributed by atoms with E-state index in [1.807, 2.05) is 35.0 Å². The highest BCUT2D eigenvalue weighted by Crippen LogP contribution is 2.20. The van der Waals surface area contributed by atoms with Crippen LogP contribution in [0.25, 0.3) is 0 Å². The quantitative estimate of drug-likeness (QED) is 0.517. The van der Waals surface area contributed by atoms with Crippen molar-refractivity contribution in [1.29, 1.82) is 0 Å². The topological polar surface area (TPSA) is 70.2 Å². The lowest BCUT2D eigenvalue weighted by atomic mass is 10.2. The van der Waals surface area contributed by atoms with Gasteiger partial charge >= 0.3 is 0 Å². The van der Waals surface area contributed by atoms with E-state index in [1.165, 1.54) is 6.07 Å². The first-order chi connectivity index (χ1) is 11.2. The summed E-state index contributed by atoms with van der Waals surface area (Å²) in [5.74, 6) is 0.678. The zero-order valence-corrected chi connectivity index (χ0v) is 12.3. The van der Waals surface area contributed by atoms with E-state index < -0.39 is 4.92 Å². The Kier molecular flexibility index (Phi) is 4.33. The summed E-state index contributed by atoms with van der Waals surface area (Å²) in [6, 6.07) is 14.2. The molecule has 0 aliphatic rings. The predicted octanol–water partition coefficient (Wildman–Crippen LogP) is 3.42. The number of para-hydroxylation sites is 1. The molecule has 6 heteroatoms. The van der Waals surface area contributed by atoms with E-state index in [-0.39, 0.29) is 12.3 Å². The second-order valence-corrected chi connectivity index (χ2v) is 5.05. The molecule has 0 aliphatic heterocycles. The molecule has 0 bridgehead atoms. The van der Waals surface area contributed by atoms with Crippen molar-refractivity contribution >= 4 is 5.69 Å². The fourth-order valence-corrected chi connectivity index (χ4v) is 2.25. The van der Waals surface area contributed by atoms with Crippen LogP contribution in [-0.2, 0) is 13.2 Å². The number of nitrogens with zero attached hydrogens (tertiary/aromatic N) is 3. The summed E-state index contributed by atoms with van der Waals surface area (Å²) in [6.07, 6.45) is 5.40. The van der Waals surface area contributed by atoms with Crippen LogP contribution in [0, 0.1) is 10.1 Å². The first kappa shape index (κ1) is 14.8. The molecule has 0 saturated heterocycles. The molecule has 0 aliphatic carbocycles. The van der Waals surface area contributed by atoms with Crippen molar-refractivity contribution in [3.05, 3.63) is 88.5 Å². The van der Waals surface area contributed by atoms with Crippen molar-refractivity contribution < 1.29 is 9.66 Å². The number of rotatable bonds is 6. The second kappa shape index (κ2) is 6.74. The number of imidazole rings is 1. The smallest absolute Gasteiger partial charge is 0.276 e. The highest BCUT2D eigenvalue weighted by atomic mass is 16.6. The van der Waals surface area contributed by atoms with Gasteiger partial charge in [-0.25, -0.2) is 4.98 Å². The molecule has 3 aromatic rings. The van der Waals surface area contributed by atoms with Gasteiger partial charge in [0, 0.05) is 25.0 Å². The van der Waals surface area contributed by atoms with Gasteiger partial charge < -0.3 is 9.30 Å². The summed E-state index contributed by atoms with van der Waals surface area (Å²) in [6.45, 7) is 0.905. The van der Waals surface area contributed by atoms with Gasteiger partial charge in [-0.1, -0.05) is 24.3 Å². The van der Waals surface area contributed by atoms with Crippen molar-refractivity contribution in [2.24, 2.45) is 0 Å². The van der Waals surface area contributed by atoms with Crippen LogP contribution in [-0.4, -0.2) is 14.5 Å². The minimum absolute atomic E-state index is 0.0734. The van der Waals surface area contributed by atoms with Crippen molar-refractivity contribution in [2.45, 2.75) is 13.2 Å². The third-order valence-corrected chi connectivity index (χ3v) is 3.43. The molecule has 2 aromatic carbocycles. The molecule has 23 heavy (non-hydrogen) atoms. The van der Waals surface area contributed by atoms with E-state index in [1.54, 1.807) is 30.7 Å². The number of nitro groups is 1. The second-order valence-electron chi connectivity index (χ2n) is 5.05. The predicted molar refractivity (Wildman–Crippen MR) is 85.2 cm³/mol. The van der Waals surface area contributed by atoms with E-state index in [9.17, 15) is 10.1 Å². The van der Waals surface area contributed by atoms with Crippen molar-refractivity contribution in [2.75, 3.05) is 0 Å². The van der Waals surface area contributed by atoms with Crippen molar-refractivity contribution in [1.82, 2.24) is 9.55 Å². The van der Waals surface area contributed by atoms with E-state index in [0.717, 1.165) is 12.1 Å². The van der Waals surface area contributed by atoms with Crippen molar-refractivity contribution in [3.8, 4) is 5.75 Å². The summed E-state index contributed by atoms with van der Waals surface area (Å²) in [7, 11) is 0. The molecule has 0 amide bonds. The number of hydrogen-bond acceptors (Lipinski definition) is 4. The van der Waals surface area contributed by atoms with Crippen LogP contribution in [0.15, 0.2) is 67.3 Å². The van der Waals surface area contributed by atoms with Gasteiger partial charge in [-0.3, -0.25) is 10.1 Å². The van der Waals surface area contributed by atoms with E-state index in [0.29, 0.717) is 11.3 Å². The van der Waals surface area contributed by atoms with Crippen LogP contribution in [0.2, 0.25) is 0 Å². The highest BCUT2D eigenvalue weighted by Gasteiger charge is 2.12. The first-order valence-electron chi connectivity index (χ1n) is 7.12. The van der Waals surface area contributed by atoms with Gasteiger partial charge in [-0.15, -0.1) is 0 Å². The normalized spacial score (nSPS) is 10.4. The van der Waals surface area contributed by atoms with Gasteiger partial charge in [-0.2, -0.15) is 0 Å². The van der Waals surface area contributed by atoms with Gasteiger partial charge in [0.2, 0.25) is 0 Å². The lowest BCUT2D eigenvalue weighted by molar-refractivity contribution is -0.385. The zero-order valence-electron chi connectivity index (χ0n) is 12.3. The molecule has 0 unspecified atom stereocenters. The van der Waals surface area contributed by atoms with Gasteiger partial charge in [0.15, 0.2) is 0 Å². The summed E-state index contributed by atoms with van der Waals surface area (Å²) < 4.78 is 7.62. The summed E-state index contributed by atoms with van der Waals surface area (Å²) in [5.41, 5.74) is 1.75. The van der Waals surface area contributed by atoms with Crippen molar-refractivity contribution in [3.63, 3.8) is 0 Å². The van der Waals surface area contributed by atoms with E-state index >= 15 is 0 Å². The standard InChI is InChI=1S/C17H15N3O3/c21-20(22)17-4-2-1-3-15(17)12-23-16-7-5-14(6-8-16)11-19-10-9-18-13-19/h1-10,13H,11-12H2. The summed E-state index contributed by atoms with van der Waals surface area (Å²) in [5, 5.41) is 11.0. The zero-order chi connectivity index (χ0) is 16.1. The Hall–Kier alpha value is -3.15. The molecule has 0 spiro atoms. The number of ether oxygens (including phenoxy) is 1. The Morgan fingerprint density at radius 3 is 2.61 bits per heavy atom. The highest BCUT2D eigenvalue weighted by molar-refractivity contribution is 5.39. The molecule has 0 saturated carbocycles. The fraction of sp³-hybridized carbons (Fsp3) is 0.118. The van der Waals surface area contributed by atoms with Crippen LogP contribution in [0.4, 0.5) is 5.69 Å². The maximum Gasteiger partial charge on any atom is 0.276 e. The Bertz CT molecular complexity index is 783. The maximum atomic E-state index is 11.0. The molecule has 0 atom stereocenters. The van der Waals surface area contributed by atoms with Crippen LogP contribution in [0.5, 0.6) is 5.75 Å². The fourth-order valence-electron chi connectivity index (χ4n) is 2.25. The third-order valence-electron chi connectivity index (χ3n) is 3.43. The Labute approximate surface area is 133 Å². The SMILES string of the molecule is O=[N+]([O-])c1ccccc1COc1ccc(Cn2ccnc2)cc1. The Morgan fingerprint density at radius 1 is 1.13 bits per heavy atom. The minimum atomic E-state index is -0.396. The van der Waals surface area contributed by atoms with Crippen LogP contribution in [0.1, 0.15) is 11.1 Å². The Morgan fingerprint density at radius 2 is 1.91 bits per heavy atom. The average Bonchev–Trinajstić information content (AvgIpc) is 3.07. The van der Waals surface area contributed by atoms with Crippen LogP contribution < -0.4 is 4.74 Å². The third kappa shape index (κ3) is 3.74. The van der Waals surface area contributed by atoms with E-state index in [2.05, 4.69) is 4.98 Å². The number of benzene rings is 2.